The maximum absolute atomic E-state index is 11.7. The molecule has 1 heterocycles. The van der Waals surface area contributed by atoms with Crippen LogP contribution in [-0.4, -0.2) is 70.3 Å². The van der Waals surface area contributed by atoms with Crippen molar-refractivity contribution < 1.29 is 17.9 Å². The second kappa shape index (κ2) is 11.2. The fraction of sp³-hybridized carbons (Fsp3) is 0.700. The highest BCUT2D eigenvalue weighted by molar-refractivity contribution is 7.88. The molecular weight excluding hydrogens is 400 g/mol. The largest absolute Gasteiger partial charge is 0.493 e. The molecule has 1 atom stereocenters. The van der Waals surface area contributed by atoms with Crippen molar-refractivity contribution in [2.24, 2.45) is 5.92 Å². The maximum Gasteiger partial charge on any atom is 0.211 e. The number of benzene rings is 1. The Kier molecular flexibility index (Phi) is 10.0. The Morgan fingerprint density at radius 1 is 1.18 bits per heavy atom. The molecule has 1 aliphatic heterocycles. The van der Waals surface area contributed by atoms with Crippen LogP contribution in [0.4, 0.5) is 0 Å². The minimum absolute atomic E-state index is 0. The zero-order valence-corrected chi connectivity index (χ0v) is 19.3. The van der Waals surface area contributed by atoms with Crippen LogP contribution in [0.2, 0.25) is 0 Å². The molecule has 1 aromatic carbocycles. The van der Waals surface area contributed by atoms with Crippen LogP contribution in [0.5, 0.6) is 11.5 Å². The van der Waals surface area contributed by atoms with E-state index >= 15 is 0 Å². The van der Waals surface area contributed by atoms with Gasteiger partial charge >= 0.3 is 0 Å². The van der Waals surface area contributed by atoms with Crippen LogP contribution in [0.25, 0.3) is 0 Å². The number of hydrogen-bond donors (Lipinski definition) is 0. The standard InChI is InChI=1S/C20H34N2O4S.ClH/c1-6-21(15-17-9-11-22(12-10-17)27(5,23)24)16(2)13-18-7-8-19(25-3)20(14-18)26-4;/h7-8,14,16-17H,6,9-13,15H2,1-5H3;1H/t16-;/m0./s1. The van der Waals surface area contributed by atoms with Crippen LogP contribution in [0.15, 0.2) is 18.2 Å². The number of methoxy groups -OCH3 is 2. The van der Waals surface area contributed by atoms with Crippen molar-refractivity contribution in [3.8, 4) is 11.5 Å². The summed E-state index contributed by atoms with van der Waals surface area (Å²) in [5.74, 6) is 2.06. The first-order valence-corrected chi connectivity index (χ1v) is 11.5. The molecule has 1 aromatic rings. The lowest BCUT2D eigenvalue weighted by atomic mass is 9.96. The van der Waals surface area contributed by atoms with Crippen molar-refractivity contribution in [1.29, 1.82) is 0 Å². The summed E-state index contributed by atoms with van der Waals surface area (Å²) in [5.41, 5.74) is 1.23. The van der Waals surface area contributed by atoms with E-state index in [0.717, 1.165) is 43.9 Å². The van der Waals surface area contributed by atoms with E-state index in [1.807, 2.05) is 12.1 Å². The van der Waals surface area contributed by atoms with Crippen molar-refractivity contribution in [1.82, 2.24) is 9.21 Å². The van der Waals surface area contributed by atoms with E-state index in [9.17, 15) is 8.42 Å². The van der Waals surface area contributed by atoms with Crippen molar-refractivity contribution in [2.45, 2.75) is 39.2 Å². The Labute approximate surface area is 176 Å². The molecule has 0 amide bonds. The van der Waals surface area contributed by atoms with Crippen LogP contribution in [0.3, 0.4) is 0 Å². The minimum atomic E-state index is -3.06. The Hall–Kier alpha value is -1.02. The van der Waals surface area contributed by atoms with Gasteiger partial charge in [0.25, 0.3) is 0 Å². The molecule has 0 aromatic heterocycles. The molecule has 0 radical (unpaired) electrons. The first kappa shape index (κ1) is 25.0. The SMILES string of the molecule is CCN(CC1CCN(S(C)(=O)=O)CC1)[C@@H](C)Cc1ccc(OC)c(OC)c1.Cl. The van der Waals surface area contributed by atoms with Gasteiger partial charge in [0.1, 0.15) is 0 Å². The molecule has 0 N–H and O–H groups in total. The number of halogens is 1. The topological polar surface area (TPSA) is 59.1 Å². The molecule has 8 heteroatoms. The van der Waals surface area contributed by atoms with Gasteiger partial charge in [-0.2, -0.15) is 0 Å². The predicted molar refractivity (Wildman–Crippen MR) is 116 cm³/mol. The lowest BCUT2D eigenvalue weighted by Gasteiger charge is -2.36. The van der Waals surface area contributed by atoms with Gasteiger partial charge in [-0.1, -0.05) is 13.0 Å². The summed E-state index contributed by atoms with van der Waals surface area (Å²) in [6, 6.07) is 6.50. The molecule has 162 valence electrons. The highest BCUT2D eigenvalue weighted by Gasteiger charge is 2.27. The molecule has 1 aliphatic rings. The third kappa shape index (κ3) is 6.79. The van der Waals surface area contributed by atoms with Crippen LogP contribution in [-0.2, 0) is 16.4 Å². The second-order valence-electron chi connectivity index (χ2n) is 7.44. The Morgan fingerprint density at radius 2 is 1.79 bits per heavy atom. The molecule has 1 fully saturated rings. The summed E-state index contributed by atoms with van der Waals surface area (Å²) < 4.78 is 35.7. The van der Waals surface area contributed by atoms with E-state index in [1.165, 1.54) is 11.8 Å². The number of sulfonamides is 1. The van der Waals surface area contributed by atoms with Gasteiger partial charge in [0.2, 0.25) is 10.0 Å². The van der Waals surface area contributed by atoms with Gasteiger partial charge in [0.05, 0.1) is 20.5 Å². The van der Waals surface area contributed by atoms with Crippen molar-refractivity contribution in [2.75, 3.05) is 46.7 Å². The Morgan fingerprint density at radius 3 is 2.29 bits per heavy atom. The average molecular weight is 435 g/mol. The first-order valence-electron chi connectivity index (χ1n) is 9.68. The molecule has 0 unspecified atom stereocenters. The highest BCUT2D eigenvalue weighted by Crippen LogP contribution is 2.28. The van der Waals surface area contributed by atoms with Crippen molar-refractivity contribution in [3.05, 3.63) is 23.8 Å². The minimum Gasteiger partial charge on any atom is -0.493 e. The molecule has 0 spiro atoms. The fourth-order valence-corrected chi connectivity index (χ4v) is 4.73. The molecule has 0 bridgehead atoms. The van der Waals surface area contributed by atoms with Gasteiger partial charge in [0, 0.05) is 25.7 Å². The maximum atomic E-state index is 11.7. The van der Waals surface area contributed by atoms with Crippen molar-refractivity contribution in [3.63, 3.8) is 0 Å². The molecule has 2 rings (SSSR count). The molecule has 28 heavy (non-hydrogen) atoms. The predicted octanol–water partition coefficient (Wildman–Crippen LogP) is 3.05. The smallest absolute Gasteiger partial charge is 0.211 e. The summed E-state index contributed by atoms with van der Waals surface area (Å²) in [6.07, 6.45) is 4.12. The van der Waals surface area contributed by atoms with Gasteiger partial charge in [0.15, 0.2) is 11.5 Å². The van der Waals surface area contributed by atoms with Crippen molar-refractivity contribution >= 4 is 22.4 Å². The van der Waals surface area contributed by atoms with Gasteiger partial charge in [-0.25, -0.2) is 12.7 Å². The summed E-state index contributed by atoms with van der Waals surface area (Å²) in [6.45, 7) is 7.74. The van der Waals surface area contributed by atoms with Crippen LogP contribution < -0.4 is 9.47 Å². The lowest BCUT2D eigenvalue weighted by Crippen LogP contribution is -2.43. The summed E-state index contributed by atoms with van der Waals surface area (Å²) in [5, 5.41) is 0. The molecule has 1 saturated heterocycles. The van der Waals surface area contributed by atoms with E-state index in [2.05, 4.69) is 24.8 Å². The highest BCUT2D eigenvalue weighted by atomic mass is 35.5. The zero-order chi connectivity index (χ0) is 20.0. The number of piperidine rings is 1. The van der Waals surface area contributed by atoms with E-state index in [4.69, 9.17) is 9.47 Å². The summed E-state index contributed by atoms with van der Waals surface area (Å²) in [4.78, 5) is 2.50. The number of hydrogen-bond acceptors (Lipinski definition) is 5. The first-order chi connectivity index (χ1) is 12.8. The molecular formula is C20H35ClN2O4S. The fourth-order valence-electron chi connectivity index (χ4n) is 3.85. The van der Waals surface area contributed by atoms with E-state index in [-0.39, 0.29) is 12.4 Å². The third-order valence-electron chi connectivity index (χ3n) is 5.54. The average Bonchev–Trinajstić information content (AvgIpc) is 2.65. The molecule has 0 saturated carbocycles. The van der Waals surface area contributed by atoms with Gasteiger partial charge in [-0.15, -0.1) is 12.4 Å². The van der Waals surface area contributed by atoms with Gasteiger partial charge in [-0.05, 0) is 56.3 Å². The Bertz CT molecular complexity index is 706. The van der Waals surface area contributed by atoms with E-state index < -0.39 is 10.0 Å². The van der Waals surface area contributed by atoms with E-state index in [1.54, 1.807) is 18.5 Å². The third-order valence-corrected chi connectivity index (χ3v) is 6.85. The molecule has 0 aliphatic carbocycles. The number of rotatable bonds is 9. The number of nitrogens with zero attached hydrogens (tertiary/aromatic N) is 2. The second-order valence-corrected chi connectivity index (χ2v) is 9.42. The summed E-state index contributed by atoms with van der Waals surface area (Å²) in [7, 11) is 0.251. The number of ether oxygens (including phenoxy) is 2. The summed E-state index contributed by atoms with van der Waals surface area (Å²) >= 11 is 0. The van der Waals surface area contributed by atoms with Gasteiger partial charge in [-0.3, -0.25) is 0 Å². The van der Waals surface area contributed by atoms with E-state index in [0.29, 0.717) is 25.0 Å². The number of likely N-dealkylation sites (N-methyl/N-ethyl adjacent to an activating group) is 1. The van der Waals surface area contributed by atoms with Crippen LogP contribution >= 0.6 is 12.4 Å². The monoisotopic (exact) mass is 434 g/mol. The lowest BCUT2D eigenvalue weighted by molar-refractivity contribution is 0.152. The van der Waals surface area contributed by atoms with Gasteiger partial charge < -0.3 is 14.4 Å². The van der Waals surface area contributed by atoms with Crippen LogP contribution in [0, 0.1) is 5.92 Å². The van der Waals surface area contributed by atoms with Crippen LogP contribution in [0.1, 0.15) is 32.3 Å². The Balaban J connectivity index is 0.00000392. The normalized spacial score (nSPS) is 17.2. The quantitative estimate of drug-likeness (QED) is 0.597. The zero-order valence-electron chi connectivity index (χ0n) is 17.7. The molecule has 6 nitrogen and oxygen atoms in total.